The first kappa shape index (κ1) is 23.3. The Morgan fingerprint density at radius 3 is 1.81 bits per heavy atom. The predicted molar refractivity (Wildman–Crippen MR) is 126 cm³/mol. The van der Waals surface area contributed by atoms with Crippen molar-refractivity contribution in [3.63, 3.8) is 0 Å². The Labute approximate surface area is 189 Å². The number of ether oxygens (including phenoxy) is 1. The highest BCUT2D eigenvalue weighted by Gasteiger charge is 2.52. The molecule has 0 spiro atoms. The van der Waals surface area contributed by atoms with E-state index < -0.39 is 11.2 Å². The molecular weight excluding hydrogens is 410 g/mol. The van der Waals surface area contributed by atoms with Gasteiger partial charge in [0.25, 0.3) is 0 Å². The number of aliphatic hydroxyl groups is 2. The third-order valence-corrected chi connectivity index (χ3v) is 5.77. The van der Waals surface area contributed by atoms with E-state index in [4.69, 9.17) is 16.3 Å². The third-order valence-electron chi connectivity index (χ3n) is 5.58. The molecule has 2 unspecified atom stereocenters. The van der Waals surface area contributed by atoms with Crippen LogP contribution in [0.15, 0.2) is 84.9 Å². The van der Waals surface area contributed by atoms with Crippen LogP contribution in [0.25, 0.3) is 0 Å². The van der Waals surface area contributed by atoms with Gasteiger partial charge in [0.2, 0.25) is 0 Å². The average molecular weight is 440 g/mol. The van der Waals surface area contributed by atoms with Gasteiger partial charge in [0.15, 0.2) is 0 Å². The molecule has 0 bridgehead atoms. The number of hydrogen-bond donors (Lipinski definition) is 2. The van der Waals surface area contributed by atoms with Crippen LogP contribution in [-0.4, -0.2) is 48.2 Å². The lowest BCUT2D eigenvalue weighted by Crippen LogP contribution is -2.50. The largest absolute Gasteiger partial charge is 0.492 e. The standard InChI is InChI=1S/C26H30ClNO3/c1-28(2)19-20-31-24-15-13-23(14-16-24)26(30,22-11-7-4-8-12-22)25(29,17-18-27)21-9-5-3-6-10-21/h3-16,29-30H,17-20H2,1-2H3. The average Bonchev–Trinajstić information content (AvgIpc) is 2.80. The topological polar surface area (TPSA) is 52.9 Å². The molecule has 0 saturated carbocycles. The number of rotatable bonds is 10. The lowest BCUT2D eigenvalue weighted by atomic mass is 9.68. The maximum absolute atomic E-state index is 12.2. The van der Waals surface area contributed by atoms with Crippen molar-refractivity contribution in [1.29, 1.82) is 0 Å². The first-order chi connectivity index (χ1) is 14.9. The van der Waals surface area contributed by atoms with E-state index in [1.54, 1.807) is 12.1 Å². The van der Waals surface area contributed by atoms with E-state index in [0.29, 0.717) is 29.0 Å². The number of likely N-dealkylation sites (N-methyl/N-ethyl adjacent to an activating group) is 1. The van der Waals surface area contributed by atoms with Crippen LogP contribution < -0.4 is 4.74 Å². The molecule has 0 aliphatic carbocycles. The van der Waals surface area contributed by atoms with Gasteiger partial charge in [-0.2, -0.15) is 0 Å². The Balaban J connectivity index is 2.08. The molecule has 164 valence electrons. The molecule has 4 nitrogen and oxygen atoms in total. The van der Waals surface area contributed by atoms with E-state index in [1.807, 2.05) is 86.9 Å². The highest BCUT2D eigenvalue weighted by atomic mass is 35.5. The van der Waals surface area contributed by atoms with Crippen LogP contribution in [0.3, 0.4) is 0 Å². The summed E-state index contributed by atoms with van der Waals surface area (Å²) in [7, 11) is 3.99. The van der Waals surface area contributed by atoms with E-state index in [0.717, 1.165) is 6.54 Å². The minimum absolute atomic E-state index is 0.172. The van der Waals surface area contributed by atoms with Gasteiger partial charge in [-0.1, -0.05) is 72.8 Å². The van der Waals surface area contributed by atoms with Gasteiger partial charge in [-0.05, 0) is 49.3 Å². The normalized spacial score (nSPS) is 15.3. The molecule has 0 amide bonds. The van der Waals surface area contributed by atoms with E-state index in [-0.39, 0.29) is 12.3 Å². The second kappa shape index (κ2) is 10.3. The summed E-state index contributed by atoms with van der Waals surface area (Å²) < 4.78 is 5.80. The Kier molecular flexibility index (Phi) is 7.74. The van der Waals surface area contributed by atoms with Crippen LogP contribution in [0, 0.1) is 0 Å². The first-order valence-corrected chi connectivity index (χ1v) is 10.9. The highest BCUT2D eigenvalue weighted by molar-refractivity contribution is 6.17. The highest BCUT2D eigenvalue weighted by Crippen LogP contribution is 2.48. The SMILES string of the molecule is CN(C)CCOc1ccc(C(O)(c2ccccc2)C(O)(CCCl)c2ccccc2)cc1. The molecule has 3 rings (SSSR count). The van der Waals surface area contributed by atoms with Gasteiger partial charge in [-0.25, -0.2) is 0 Å². The monoisotopic (exact) mass is 439 g/mol. The summed E-state index contributed by atoms with van der Waals surface area (Å²) in [6, 6.07) is 25.7. The van der Waals surface area contributed by atoms with Crippen molar-refractivity contribution in [1.82, 2.24) is 4.90 Å². The first-order valence-electron chi connectivity index (χ1n) is 10.4. The molecule has 2 N–H and O–H groups in total. The summed E-state index contributed by atoms with van der Waals surface area (Å²) in [5.74, 6) is 0.897. The number of nitrogens with zero attached hydrogens (tertiary/aromatic N) is 1. The molecule has 0 radical (unpaired) electrons. The number of alkyl halides is 1. The Bertz CT molecular complexity index is 934. The Morgan fingerprint density at radius 1 is 0.774 bits per heavy atom. The summed E-state index contributed by atoms with van der Waals surface area (Å²) in [5.41, 5.74) is -1.59. The van der Waals surface area contributed by atoms with Crippen LogP contribution >= 0.6 is 11.6 Å². The quantitative estimate of drug-likeness (QED) is 0.460. The molecule has 31 heavy (non-hydrogen) atoms. The molecule has 3 aromatic carbocycles. The van der Waals surface area contributed by atoms with Gasteiger partial charge in [0.05, 0.1) is 0 Å². The molecule has 0 aliphatic heterocycles. The fourth-order valence-electron chi connectivity index (χ4n) is 3.85. The lowest BCUT2D eigenvalue weighted by Gasteiger charge is -2.45. The lowest BCUT2D eigenvalue weighted by molar-refractivity contribution is -0.142. The summed E-state index contributed by atoms with van der Waals surface area (Å²) in [6.45, 7) is 1.37. The van der Waals surface area contributed by atoms with Crippen molar-refractivity contribution < 1.29 is 14.9 Å². The van der Waals surface area contributed by atoms with Crippen molar-refractivity contribution in [2.75, 3.05) is 33.1 Å². The van der Waals surface area contributed by atoms with Gasteiger partial charge in [-0.15, -0.1) is 11.6 Å². The zero-order chi connectivity index (χ0) is 22.3. The summed E-state index contributed by atoms with van der Waals surface area (Å²) in [5, 5.41) is 24.3. The van der Waals surface area contributed by atoms with Gasteiger partial charge < -0.3 is 19.8 Å². The molecule has 2 atom stereocenters. The zero-order valence-corrected chi connectivity index (χ0v) is 18.8. The van der Waals surface area contributed by atoms with E-state index in [1.165, 1.54) is 0 Å². The van der Waals surface area contributed by atoms with Crippen LogP contribution in [0.2, 0.25) is 0 Å². The van der Waals surface area contributed by atoms with Gasteiger partial charge in [-0.3, -0.25) is 0 Å². The Hall–Kier alpha value is -2.37. The van der Waals surface area contributed by atoms with Gasteiger partial charge >= 0.3 is 0 Å². The van der Waals surface area contributed by atoms with E-state index in [2.05, 4.69) is 4.90 Å². The maximum Gasteiger partial charge on any atom is 0.147 e. The maximum atomic E-state index is 12.2. The predicted octanol–water partition coefficient (Wildman–Crippen LogP) is 4.38. The summed E-state index contributed by atoms with van der Waals surface area (Å²) in [4.78, 5) is 2.05. The van der Waals surface area contributed by atoms with Crippen LogP contribution in [0.4, 0.5) is 0 Å². The molecule has 5 heteroatoms. The van der Waals surface area contributed by atoms with Crippen molar-refractivity contribution in [3.8, 4) is 5.75 Å². The molecule has 0 heterocycles. The van der Waals surface area contributed by atoms with Crippen LogP contribution in [-0.2, 0) is 11.2 Å². The molecular formula is C26H30ClNO3. The zero-order valence-electron chi connectivity index (χ0n) is 18.0. The van der Waals surface area contributed by atoms with Crippen molar-refractivity contribution >= 4 is 11.6 Å². The van der Waals surface area contributed by atoms with Crippen LogP contribution in [0.1, 0.15) is 23.1 Å². The minimum atomic E-state index is -1.72. The fourth-order valence-corrected chi connectivity index (χ4v) is 4.12. The number of hydrogen-bond acceptors (Lipinski definition) is 4. The molecule has 0 aromatic heterocycles. The molecule has 0 fully saturated rings. The van der Waals surface area contributed by atoms with E-state index in [9.17, 15) is 10.2 Å². The van der Waals surface area contributed by atoms with Gasteiger partial charge in [0.1, 0.15) is 23.6 Å². The summed E-state index contributed by atoms with van der Waals surface area (Å²) >= 11 is 6.13. The smallest absolute Gasteiger partial charge is 0.147 e. The van der Waals surface area contributed by atoms with Crippen molar-refractivity contribution in [2.24, 2.45) is 0 Å². The fraction of sp³-hybridized carbons (Fsp3) is 0.308. The summed E-state index contributed by atoms with van der Waals surface area (Å²) in [6.07, 6.45) is 0.172. The van der Waals surface area contributed by atoms with E-state index >= 15 is 0 Å². The number of benzene rings is 3. The third kappa shape index (κ3) is 4.94. The second-order valence-corrected chi connectivity index (χ2v) is 8.30. The second-order valence-electron chi connectivity index (χ2n) is 7.92. The van der Waals surface area contributed by atoms with Crippen LogP contribution in [0.5, 0.6) is 5.75 Å². The minimum Gasteiger partial charge on any atom is -0.492 e. The number of halogens is 1. The molecule has 0 aliphatic rings. The molecule has 3 aromatic rings. The molecule has 0 saturated heterocycles. The Morgan fingerprint density at radius 2 is 1.29 bits per heavy atom. The van der Waals surface area contributed by atoms with Crippen molar-refractivity contribution in [2.45, 2.75) is 17.6 Å². The van der Waals surface area contributed by atoms with Crippen molar-refractivity contribution in [3.05, 3.63) is 102 Å². The van der Waals surface area contributed by atoms with Gasteiger partial charge in [0, 0.05) is 12.4 Å².